The molecule has 16 heavy (non-hydrogen) atoms. The van der Waals surface area contributed by atoms with Crippen LogP contribution in [0.3, 0.4) is 0 Å². The Hall–Kier alpha value is -0.810. The summed E-state index contributed by atoms with van der Waals surface area (Å²) in [5.41, 5.74) is -1.31. The van der Waals surface area contributed by atoms with Crippen LogP contribution in [0.4, 0.5) is 4.79 Å². The summed E-state index contributed by atoms with van der Waals surface area (Å²) in [6.45, 7) is 8.02. The van der Waals surface area contributed by atoms with Crippen molar-refractivity contribution in [3.8, 4) is 0 Å². The van der Waals surface area contributed by atoms with Crippen molar-refractivity contribution in [2.75, 3.05) is 20.1 Å². The maximum Gasteiger partial charge on any atom is 0.410 e. The van der Waals surface area contributed by atoms with E-state index in [9.17, 15) is 9.90 Å². The van der Waals surface area contributed by atoms with Crippen LogP contribution in [-0.2, 0) is 4.74 Å². The third-order valence-corrected chi connectivity index (χ3v) is 2.82. The van der Waals surface area contributed by atoms with E-state index in [-0.39, 0.29) is 12.1 Å². The van der Waals surface area contributed by atoms with Crippen molar-refractivity contribution in [1.82, 2.24) is 10.2 Å². The molecule has 94 valence electrons. The number of aliphatic hydroxyl groups is 1. The van der Waals surface area contributed by atoms with E-state index in [4.69, 9.17) is 4.74 Å². The number of likely N-dealkylation sites (N-methyl/N-ethyl adjacent to an activating group) is 1. The summed E-state index contributed by atoms with van der Waals surface area (Å²) in [4.78, 5) is 13.1. The van der Waals surface area contributed by atoms with E-state index in [1.165, 1.54) is 4.90 Å². The molecule has 1 fully saturated rings. The van der Waals surface area contributed by atoms with Crippen LogP contribution in [0.25, 0.3) is 0 Å². The molecule has 1 rings (SSSR count). The Bertz CT molecular complexity index is 267. The lowest BCUT2D eigenvalue weighted by Gasteiger charge is -2.49. The second-order valence-electron chi connectivity index (χ2n) is 5.45. The molecule has 0 saturated carbocycles. The van der Waals surface area contributed by atoms with Crippen LogP contribution in [0.1, 0.15) is 27.7 Å². The first-order valence-electron chi connectivity index (χ1n) is 5.55. The van der Waals surface area contributed by atoms with Crippen molar-refractivity contribution in [1.29, 1.82) is 0 Å². The molecule has 0 spiro atoms. The summed E-state index contributed by atoms with van der Waals surface area (Å²) in [5, 5.41) is 13.1. The lowest BCUT2D eigenvalue weighted by molar-refractivity contribution is -0.113. The number of nitrogens with one attached hydrogen (secondary N) is 1. The molecule has 2 N–H and O–H groups in total. The number of β-amino-alcohol motifs (C(OH)–C–C–N with tert-alkyl or cyclic N) is 1. The van der Waals surface area contributed by atoms with Gasteiger partial charge in [0.15, 0.2) is 0 Å². The Morgan fingerprint density at radius 2 is 2.00 bits per heavy atom. The van der Waals surface area contributed by atoms with E-state index in [0.717, 1.165) is 0 Å². The Morgan fingerprint density at radius 3 is 2.38 bits per heavy atom. The van der Waals surface area contributed by atoms with Gasteiger partial charge in [0, 0.05) is 6.04 Å². The molecule has 1 heterocycles. The molecule has 0 aromatic rings. The summed E-state index contributed by atoms with van der Waals surface area (Å²) in [6.07, 6.45) is -0.361. The van der Waals surface area contributed by atoms with E-state index < -0.39 is 11.2 Å². The molecule has 1 aliphatic heterocycles. The van der Waals surface area contributed by atoms with Gasteiger partial charge in [-0.2, -0.15) is 0 Å². The van der Waals surface area contributed by atoms with Crippen LogP contribution in [0, 0.1) is 0 Å². The Morgan fingerprint density at radius 1 is 1.50 bits per heavy atom. The highest BCUT2D eigenvalue weighted by atomic mass is 16.6. The molecule has 0 aromatic heterocycles. The lowest BCUT2D eigenvalue weighted by atomic mass is 9.87. The number of amides is 1. The first kappa shape index (κ1) is 13.3. The van der Waals surface area contributed by atoms with Gasteiger partial charge in [-0.05, 0) is 34.7 Å². The van der Waals surface area contributed by atoms with Crippen molar-refractivity contribution < 1.29 is 14.6 Å². The highest BCUT2D eigenvalue weighted by molar-refractivity contribution is 5.69. The van der Waals surface area contributed by atoms with Crippen LogP contribution in [-0.4, -0.2) is 53.5 Å². The Balaban J connectivity index is 2.44. The van der Waals surface area contributed by atoms with Crippen LogP contribution in [0.15, 0.2) is 0 Å². The summed E-state index contributed by atoms with van der Waals surface area (Å²) in [7, 11) is 1.79. The zero-order valence-corrected chi connectivity index (χ0v) is 10.7. The zero-order valence-electron chi connectivity index (χ0n) is 10.7. The van der Waals surface area contributed by atoms with E-state index in [1.54, 1.807) is 7.05 Å². The molecular formula is C11H22N2O3. The lowest BCUT2D eigenvalue weighted by Crippen LogP contribution is -2.70. The number of likely N-dealkylation sites (tertiary alicyclic amines) is 1. The predicted molar refractivity (Wildman–Crippen MR) is 61.3 cm³/mol. The van der Waals surface area contributed by atoms with E-state index in [2.05, 4.69) is 5.32 Å². The second-order valence-corrected chi connectivity index (χ2v) is 5.45. The molecule has 1 saturated heterocycles. The minimum absolute atomic E-state index is 0.0359. The topological polar surface area (TPSA) is 61.8 Å². The largest absolute Gasteiger partial charge is 0.444 e. The van der Waals surface area contributed by atoms with Gasteiger partial charge in [-0.3, -0.25) is 0 Å². The van der Waals surface area contributed by atoms with Crippen molar-refractivity contribution in [3.05, 3.63) is 0 Å². The third kappa shape index (κ3) is 2.86. The van der Waals surface area contributed by atoms with Crippen molar-refractivity contribution >= 4 is 6.09 Å². The number of ether oxygens (including phenoxy) is 1. The van der Waals surface area contributed by atoms with E-state index in [1.807, 2.05) is 27.7 Å². The number of carbonyl (C=O) groups is 1. The highest BCUT2D eigenvalue weighted by Crippen LogP contribution is 2.26. The molecule has 0 radical (unpaired) electrons. The van der Waals surface area contributed by atoms with Gasteiger partial charge in [-0.25, -0.2) is 4.79 Å². The number of hydrogen-bond donors (Lipinski definition) is 2. The maximum atomic E-state index is 11.6. The van der Waals surface area contributed by atoms with Gasteiger partial charge in [-0.1, -0.05) is 0 Å². The molecule has 1 aliphatic rings. The van der Waals surface area contributed by atoms with Crippen LogP contribution < -0.4 is 5.32 Å². The highest BCUT2D eigenvalue weighted by Gasteiger charge is 2.48. The van der Waals surface area contributed by atoms with Crippen molar-refractivity contribution in [2.45, 2.75) is 44.9 Å². The minimum Gasteiger partial charge on any atom is -0.444 e. The number of hydrogen-bond acceptors (Lipinski definition) is 4. The minimum atomic E-state index is -0.828. The summed E-state index contributed by atoms with van der Waals surface area (Å²) in [6, 6.07) is -0.0359. The fraction of sp³-hybridized carbons (Fsp3) is 0.909. The summed E-state index contributed by atoms with van der Waals surface area (Å²) < 4.78 is 5.20. The van der Waals surface area contributed by atoms with Crippen molar-refractivity contribution in [3.63, 3.8) is 0 Å². The molecule has 0 aromatic carbocycles. The SMILES string of the molecule is CNC(C)C1(O)CN(C(=O)OC(C)(C)C)C1. The van der Waals surface area contributed by atoms with Gasteiger partial charge < -0.3 is 20.1 Å². The molecule has 1 amide bonds. The van der Waals surface area contributed by atoms with Gasteiger partial charge >= 0.3 is 6.09 Å². The molecule has 1 atom stereocenters. The van der Waals surface area contributed by atoms with Crippen LogP contribution in [0.2, 0.25) is 0 Å². The average Bonchev–Trinajstić information content (AvgIpc) is 2.08. The fourth-order valence-electron chi connectivity index (χ4n) is 1.61. The normalized spacial score (nSPS) is 21.2. The number of nitrogens with zero attached hydrogens (tertiary/aromatic N) is 1. The standard InChI is InChI=1S/C11H22N2O3/c1-8(12-5)11(15)6-13(7-11)9(14)16-10(2,3)4/h8,12,15H,6-7H2,1-5H3. The molecule has 1 unspecified atom stereocenters. The summed E-state index contributed by atoms with van der Waals surface area (Å²) in [5.74, 6) is 0. The van der Waals surface area contributed by atoms with E-state index in [0.29, 0.717) is 13.1 Å². The number of carbonyl (C=O) groups excluding carboxylic acids is 1. The smallest absolute Gasteiger partial charge is 0.410 e. The Labute approximate surface area is 96.8 Å². The first-order chi connectivity index (χ1) is 7.18. The molecule has 0 aliphatic carbocycles. The van der Waals surface area contributed by atoms with Gasteiger partial charge in [0.2, 0.25) is 0 Å². The van der Waals surface area contributed by atoms with Crippen LogP contribution in [0.5, 0.6) is 0 Å². The zero-order chi connectivity index (χ0) is 12.6. The van der Waals surface area contributed by atoms with Gasteiger partial charge in [0.1, 0.15) is 11.2 Å². The second kappa shape index (κ2) is 4.22. The first-order valence-corrected chi connectivity index (χ1v) is 5.55. The number of rotatable bonds is 2. The van der Waals surface area contributed by atoms with Crippen LogP contribution >= 0.6 is 0 Å². The van der Waals surface area contributed by atoms with E-state index >= 15 is 0 Å². The van der Waals surface area contributed by atoms with Gasteiger partial charge in [0.05, 0.1) is 13.1 Å². The third-order valence-electron chi connectivity index (χ3n) is 2.82. The molecule has 5 heteroatoms. The molecule has 0 bridgehead atoms. The fourth-order valence-corrected chi connectivity index (χ4v) is 1.61. The quantitative estimate of drug-likeness (QED) is 0.728. The predicted octanol–water partition coefficient (Wildman–Crippen LogP) is 0.576. The monoisotopic (exact) mass is 230 g/mol. The van der Waals surface area contributed by atoms with Gasteiger partial charge in [-0.15, -0.1) is 0 Å². The molecule has 5 nitrogen and oxygen atoms in total. The Kier molecular flexibility index (Phi) is 3.50. The average molecular weight is 230 g/mol. The molecular weight excluding hydrogens is 208 g/mol. The van der Waals surface area contributed by atoms with Gasteiger partial charge in [0.25, 0.3) is 0 Å². The maximum absolute atomic E-state index is 11.6. The van der Waals surface area contributed by atoms with Crippen molar-refractivity contribution in [2.24, 2.45) is 0 Å². The summed E-state index contributed by atoms with van der Waals surface area (Å²) >= 11 is 0.